The zero-order valence-corrected chi connectivity index (χ0v) is 21.6. The quantitative estimate of drug-likeness (QED) is 0.560. The van der Waals surface area contributed by atoms with Crippen LogP contribution in [0.4, 0.5) is 10.1 Å². The van der Waals surface area contributed by atoms with Gasteiger partial charge in [-0.1, -0.05) is 57.4 Å². The Bertz CT molecular complexity index is 1110. The average Bonchev–Trinajstić information content (AvgIpc) is 3.47. The Morgan fingerprint density at radius 1 is 1.25 bits per heavy atom. The number of carbonyl (C=O) groups excluding carboxylic acids is 3. The van der Waals surface area contributed by atoms with Gasteiger partial charge in [0.15, 0.2) is 0 Å². The molecule has 194 valence electrons. The maximum Gasteiger partial charge on any atom is 0.246 e. The van der Waals surface area contributed by atoms with Crippen molar-refractivity contribution in [1.82, 2.24) is 10.2 Å². The van der Waals surface area contributed by atoms with E-state index >= 15 is 0 Å². The van der Waals surface area contributed by atoms with E-state index in [0.717, 1.165) is 19.3 Å². The van der Waals surface area contributed by atoms with Gasteiger partial charge in [-0.3, -0.25) is 14.4 Å². The van der Waals surface area contributed by atoms with Gasteiger partial charge >= 0.3 is 0 Å². The Hall–Kier alpha value is -2.45. The molecule has 8 atom stereocenters. The number of nitrogens with zero attached hydrogens (tertiary/aromatic N) is 1. The molecule has 7 nitrogen and oxygen atoms in total. The number of likely N-dealkylation sites (tertiary alicyclic amines) is 1. The maximum atomic E-state index is 13.8. The zero-order chi connectivity index (χ0) is 25.8. The van der Waals surface area contributed by atoms with Crippen LogP contribution in [0.2, 0.25) is 5.02 Å². The molecule has 1 saturated carbocycles. The number of amides is 3. The lowest BCUT2D eigenvalue weighted by Gasteiger charge is -2.38. The van der Waals surface area contributed by atoms with Gasteiger partial charge < -0.3 is 20.3 Å². The molecule has 2 bridgehead atoms. The minimum absolute atomic E-state index is 0.0418. The van der Waals surface area contributed by atoms with Crippen LogP contribution >= 0.6 is 11.6 Å². The number of halogens is 2. The summed E-state index contributed by atoms with van der Waals surface area (Å²) >= 11 is 5.87. The minimum Gasteiger partial charge on any atom is -0.359 e. The number of anilines is 1. The topological polar surface area (TPSA) is 87.7 Å². The lowest BCUT2D eigenvalue weighted by atomic mass is 9.73. The van der Waals surface area contributed by atoms with Gasteiger partial charge in [0.05, 0.1) is 23.0 Å². The van der Waals surface area contributed by atoms with Crippen LogP contribution in [0.3, 0.4) is 0 Å². The van der Waals surface area contributed by atoms with E-state index in [0.29, 0.717) is 30.5 Å². The third-order valence-corrected chi connectivity index (χ3v) is 8.90. The van der Waals surface area contributed by atoms with Crippen LogP contribution in [0.1, 0.15) is 46.5 Å². The van der Waals surface area contributed by atoms with E-state index in [9.17, 15) is 18.8 Å². The fourth-order valence-corrected chi connectivity index (χ4v) is 6.78. The third kappa shape index (κ3) is 3.93. The fourth-order valence-electron chi connectivity index (χ4n) is 6.60. The van der Waals surface area contributed by atoms with E-state index in [1.54, 1.807) is 11.0 Å². The average molecular weight is 518 g/mol. The van der Waals surface area contributed by atoms with Gasteiger partial charge in [-0.05, 0) is 42.9 Å². The summed E-state index contributed by atoms with van der Waals surface area (Å²) < 4.78 is 19.9. The van der Waals surface area contributed by atoms with Crippen LogP contribution in [-0.4, -0.2) is 53.0 Å². The first kappa shape index (κ1) is 25.2. The highest BCUT2D eigenvalue weighted by Crippen LogP contribution is 2.55. The molecule has 3 amide bonds. The van der Waals surface area contributed by atoms with Crippen LogP contribution in [0, 0.1) is 29.5 Å². The molecule has 36 heavy (non-hydrogen) atoms. The third-order valence-electron chi connectivity index (χ3n) is 8.61. The van der Waals surface area contributed by atoms with Gasteiger partial charge in [0.2, 0.25) is 17.7 Å². The Labute approximate surface area is 215 Å². The highest BCUT2D eigenvalue weighted by molar-refractivity contribution is 6.31. The van der Waals surface area contributed by atoms with E-state index in [-0.39, 0.29) is 22.9 Å². The summed E-state index contributed by atoms with van der Waals surface area (Å²) in [6.07, 6.45) is 6.76. The molecule has 1 aromatic carbocycles. The van der Waals surface area contributed by atoms with Gasteiger partial charge in [0.1, 0.15) is 17.5 Å². The second kappa shape index (κ2) is 9.45. The predicted molar refractivity (Wildman–Crippen MR) is 134 cm³/mol. The summed E-state index contributed by atoms with van der Waals surface area (Å²) in [7, 11) is 0. The Kier molecular flexibility index (Phi) is 6.62. The predicted octanol–water partition coefficient (Wildman–Crippen LogP) is 3.92. The molecule has 1 aromatic rings. The minimum atomic E-state index is -1.19. The van der Waals surface area contributed by atoms with Crippen molar-refractivity contribution >= 4 is 35.0 Å². The van der Waals surface area contributed by atoms with Crippen molar-refractivity contribution < 1.29 is 23.5 Å². The van der Waals surface area contributed by atoms with Crippen LogP contribution < -0.4 is 10.6 Å². The van der Waals surface area contributed by atoms with Gasteiger partial charge in [-0.25, -0.2) is 4.39 Å². The normalized spacial score (nSPS) is 36.8. The number of benzene rings is 1. The van der Waals surface area contributed by atoms with E-state index in [1.807, 2.05) is 13.0 Å². The molecule has 3 aliphatic heterocycles. The largest absolute Gasteiger partial charge is 0.359 e. The lowest BCUT2D eigenvalue weighted by Crippen LogP contribution is -2.57. The molecule has 0 radical (unpaired) electrons. The Morgan fingerprint density at radius 2 is 2.03 bits per heavy atom. The standard InChI is InChI=1S/C27H33ClFN3O4/c1-4-12-32-23(25(34)31-19-7-5-6-14(2)15(19)3)27-11-10-20(36-27)21(22(27)26(32)35)24(33)30-16-8-9-18(29)17(28)13-16/h8-11,13-15,19-23H,4-7,12H2,1-3H3,(H,30,33)(H,31,34). The summed E-state index contributed by atoms with van der Waals surface area (Å²) in [5.41, 5.74) is -0.856. The van der Waals surface area contributed by atoms with Crippen LogP contribution in [0.15, 0.2) is 30.4 Å². The number of hydrogen-bond acceptors (Lipinski definition) is 4. The van der Waals surface area contributed by atoms with Gasteiger partial charge in [-0.2, -0.15) is 0 Å². The van der Waals surface area contributed by atoms with E-state index in [1.165, 1.54) is 18.2 Å². The smallest absolute Gasteiger partial charge is 0.246 e. The molecule has 9 heteroatoms. The molecule has 4 aliphatic rings. The van der Waals surface area contributed by atoms with Crippen LogP contribution in [0.5, 0.6) is 0 Å². The molecular formula is C27H33ClFN3O4. The summed E-state index contributed by atoms with van der Waals surface area (Å²) in [6, 6.07) is 3.13. The van der Waals surface area contributed by atoms with Crippen LogP contribution in [-0.2, 0) is 19.1 Å². The zero-order valence-electron chi connectivity index (χ0n) is 20.8. The van der Waals surface area contributed by atoms with Crippen molar-refractivity contribution in [2.45, 2.75) is 70.2 Å². The van der Waals surface area contributed by atoms with Crippen molar-refractivity contribution in [3.8, 4) is 0 Å². The molecule has 2 N–H and O–H groups in total. The highest BCUT2D eigenvalue weighted by atomic mass is 35.5. The van der Waals surface area contributed by atoms with E-state index < -0.39 is 41.3 Å². The molecule has 8 unspecified atom stereocenters. The number of rotatable bonds is 6. The first-order valence-corrected chi connectivity index (χ1v) is 13.3. The SMILES string of the molecule is CCCN1C(=O)C2C(C(=O)Nc3ccc(F)c(Cl)c3)C3C=CC2(O3)C1C(=O)NC1CCCC(C)C1C. The molecular weight excluding hydrogens is 485 g/mol. The molecule has 3 fully saturated rings. The number of carbonyl (C=O) groups is 3. The summed E-state index contributed by atoms with van der Waals surface area (Å²) in [4.78, 5) is 42.5. The summed E-state index contributed by atoms with van der Waals surface area (Å²) in [5.74, 6) is -2.24. The van der Waals surface area contributed by atoms with Gasteiger partial charge in [-0.15, -0.1) is 0 Å². The van der Waals surface area contributed by atoms with Gasteiger partial charge in [0, 0.05) is 18.3 Å². The van der Waals surface area contributed by atoms with Crippen molar-refractivity contribution in [1.29, 1.82) is 0 Å². The second-order valence-corrected chi connectivity index (χ2v) is 11.1. The monoisotopic (exact) mass is 517 g/mol. The fraction of sp³-hybridized carbons (Fsp3) is 0.593. The molecule has 1 aliphatic carbocycles. The van der Waals surface area contributed by atoms with Crippen molar-refractivity contribution in [2.75, 3.05) is 11.9 Å². The first-order valence-electron chi connectivity index (χ1n) is 12.9. The molecule has 1 spiro atoms. The molecule has 3 heterocycles. The van der Waals surface area contributed by atoms with Crippen molar-refractivity contribution in [2.24, 2.45) is 23.7 Å². The van der Waals surface area contributed by atoms with Crippen molar-refractivity contribution in [3.63, 3.8) is 0 Å². The van der Waals surface area contributed by atoms with Gasteiger partial charge in [0.25, 0.3) is 0 Å². The molecule has 0 aromatic heterocycles. The summed E-state index contributed by atoms with van der Waals surface area (Å²) in [6.45, 7) is 6.73. The number of nitrogens with one attached hydrogen (secondary N) is 2. The molecule has 2 saturated heterocycles. The number of ether oxygens (including phenoxy) is 1. The van der Waals surface area contributed by atoms with Crippen LogP contribution in [0.25, 0.3) is 0 Å². The summed E-state index contributed by atoms with van der Waals surface area (Å²) in [5, 5.41) is 5.89. The second-order valence-electron chi connectivity index (χ2n) is 10.7. The Balaban J connectivity index is 1.42. The van der Waals surface area contributed by atoms with E-state index in [2.05, 4.69) is 24.5 Å². The maximum absolute atomic E-state index is 13.8. The first-order chi connectivity index (χ1) is 17.2. The van der Waals surface area contributed by atoms with E-state index in [4.69, 9.17) is 16.3 Å². The molecule has 5 rings (SSSR count). The lowest BCUT2D eigenvalue weighted by molar-refractivity contribution is -0.141. The Morgan fingerprint density at radius 3 is 2.75 bits per heavy atom. The highest BCUT2D eigenvalue weighted by Gasteiger charge is 2.72. The number of hydrogen-bond donors (Lipinski definition) is 2. The van der Waals surface area contributed by atoms with Crippen molar-refractivity contribution in [3.05, 3.63) is 41.2 Å². The number of fused-ring (bicyclic) bond motifs is 1.